The van der Waals surface area contributed by atoms with Gasteiger partial charge in [0.2, 0.25) is 6.17 Å². The molecule has 0 aliphatic rings. The van der Waals surface area contributed by atoms with Crippen molar-refractivity contribution in [3.63, 3.8) is 0 Å². The number of nitrogens with zero attached hydrogens (tertiary/aromatic N) is 1. The van der Waals surface area contributed by atoms with Gasteiger partial charge in [-0.05, 0) is 29.8 Å². The zero-order chi connectivity index (χ0) is 17.6. The SMILES string of the molecule is O=C(O)C(F)Cc1cc(-c2ccc(OCc3ccccc3)cc2)no1. The summed E-state index contributed by atoms with van der Waals surface area (Å²) in [4.78, 5) is 10.5. The van der Waals surface area contributed by atoms with E-state index in [4.69, 9.17) is 14.4 Å². The van der Waals surface area contributed by atoms with Gasteiger partial charge in [-0.3, -0.25) is 0 Å². The predicted molar refractivity (Wildman–Crippen MR) is 88.9 cm³/mol. The van der Waals surface area contributed by atoms with Crippen molar-refractivity contribution in [3.8, 4) is 17.0 Å². The minimum absolute atomic E-state index is 0.189. The number of aliphatic carboxylic acids is 1. The van der Waals surface area contributed by atoms with Gasteiger partial charge in [-0.1, -0.05) is 35.5 Å². The molecular weight excluding hydrogens is 325 g/mol. The van der Waals surface area contributed by atoms with Crippen LogP contribution in [0.15, 0.2) is 65.2 Å². The Morgan fingerprint density at radius 1 is 1.16 bits per heavy atom. The van der Waals surface area contributed by atoms with Crippen LogP contribution in [-0.2, 0) is 17.8 Å². The molecule has 1 aromatic heterocycles. The summed E-state index contributed by atoms with van der Waals surface area (Å²) in [6.07, 6.45) is -2.35. The largest absolute Gasteiger partial charge is 0.489 e. The van der Waals surface area contributed by atoms with E-state index in [2.05, 4.69) is 5.16 Å². The van der Waals surface area contributed by atoms with Crippen LogP contribution in [0.1, 0.15) is 11.3 Å². The van der Waals surface area contributed by atoms with Crippen LogP contribution < -0.4 is 4.74 Å². The third kappa shape index (κ3) is 4.44. The molecule has 3 aromatic rings. The van der Waals surface area contributed by atoms with E-state index in [1.165, 1.54) is 6.07 Å². The number of hydrogen-bond donors (Lipinski definition) is 1. The fraction of sp³-hybridized carbons (Fsp3) is 0.158. The van der Waals surface area contributed by atoms with Crippen LogP contribution in [-0.4, -0.2) is 22.4 Å². The molecule has 2 aromatic carbocycles. The molecular formula is C19H16FNO4. The lowest BCUT2D eigenvalue weighted by Crippen LogP contribution is -2.16. The maximum Gasteiger partial charge on any atom is 0.338 e. The van der Waals surface area contributed by atoms with Crippen molar-refractivity contribution in [2.75, 3.05) is 0 Å². The molecule has 0 radical (unpaired) electrons. The minimum atomic E-state index is -2.01. The number of aromatic nitrogens is 1. The summed E-state index contributed by atoms with van der Waals surface area (Å²) in [5.41, 5.74) is 2.36. The number of alkyl halides is 1. The fourth-order valence-corrected chi connectivity index (χ4v) is 2.27. The molecule has 128 valence electrons. The molecule has 0 saturated heterocycles. The van der Waals surface area contributed by atoms with E-state index in [0.29, 0.717) is 18.1 Å². The van der Waals surface area contributed by atoms with Crippen LogP contribution in [0.5, 0.6) is 5.75 Å². The number of benzene rings is 2. The molecule has 1 unspecified atom stereocenters. The highest BCUT2D eigenvalue weighted by Crippen LogP contribution is 2.23. The van der Waals surface area contributed by atoms with Crippen LogP contribution in [0.4, 0.5) is 4.39 Å². The summed E-state index contributed by atoms with van der Waals surface area (Å²) in [7, 11) is 0. The first-order chi connectivity index (χ1) is 12.1. The second-order valence-electron chi connectivity index (χ2n) is 5.49. The summed E-state index contributed by atoms with van der Waals surface area (Å²) in [5.74, 6) is -0.613. The lowest BCUT2D eigenvalue weighted by molar-refractivity contribution is -0.142. The van der Waals surface area contributed by atoms with E-state index in [0.717, 1.165) is 11.1 Å². The Labute approximate surface area is 143 Å². The highest BCUT2D eigenvalue weighted by atomic mass is 19.1. The van der Waals surface area contributed by atoms with Crippen LogP contribution >= 0.6 is 0 Å². The first kappa shape index (κ1) is 16.7. The van der Waals surface area contributed by atoms with Gasteiger partial charge in [-0.15, -0.1) is 0 Å². The molecule has 0 bridgehead atoms. The van der Waals surface area contributed by atoms with Crippen molar-refractivity contribution in [1.82, 2.24) is 5.16 Å². The van der Waals surface area contributed by atoms with Gasteiger partial charge in [0, 0.05) is 11.6 Å². The van der Waals surface area contributed by atoms with Crippen LogP contribution in [0.25, 0.3) is 11.3 Å². The molecule has 3 rings (SSSR count). The number of carboxylic acids is 1. The molecule has 5 nitrogen and oxygen atoms in total. The van der Waals surface area contributed by atoms with E-state index in [1.54, 1.807) is 0 Å². The Morgan fingerprint density at radius 2 is 1.88 bits per heavy atom. The summed E-state index contributed by atoms with van der Waals surface area (Å²) in [5, 5.41) is 12.4. The van der Waals surface area contributed by atoms with E-state index < -0.39 is 12.1 Å². The van der Waals surface area contributed by atoms with E-state index in [-0.39, 0.29) is 12.2 Å². The van der Waals surface area contributed by atoms with Crippen molar-refractivity contribution in [2.24, 2.45) is 0 Å². The predicted octanol–water partition coefficient (Wildman–Crippen LogP) is 3.89. The Kier molecular flexibility index (Phi) is 5.09. The molecule has 0 aliphatic carbocycles. The van der Waals surface area contributed by atoms with Crippen molar-refractivity contribution >= 4 is 5.97 Å². The molecule has 6 heteroatoms. The Bertz CT molecular complexity index is 830. The third-order valence-electron chi connectivity index (χ3n) is 3.61. The van der Waals surface area contributed by atoms with Crippen molar-refractivity contribution in [1.29, 1.82) is 0 Å². The molecule has 0 spiro atoms. The Hall–Kier alpha value is -3.15. The zero-order valence-corrected chi connectivity index (χ0v) is 13.3. The summed E-state index contributed by atoms with van der Waals surface area (Å²) in [6, 6.07) is 18.6. The van der Waals surface area contributed by atoms with E-state index >= 15 is 0 Å². The maximum atomic E-state index is 13.2. The maximum absolute atomic E-state index is 13.2. The highest BCUT2D eigenvalue weighted by Gasteiger charge is 2.19. The van der Waals surface area contributed by atoms with E-state index in [1.807, 2.05) is 54.6 Å². The van der Waals surface area contributed by atoms with Crippen LogP contribution in [0, 0.1) is 0 Å². The van der Waals surface area contributed by atoms with Crippen LogP contribution in [0.2, 0.25) is 0 Å². The van der Waals surface area contributed by atoms with Gasteiger partial charge in [-0.25, -0.2) is 9.18 Å². The quantitative estimate of drug-likeness (QED) is 0.706. The lowest BCUT2D eigenvalue weighted by Gasteiger charge is -2.06. The first-order valence-electron chi connectivity index (χ1n) is 7.71. The van der Waals surface area contributed by atoms with Crippen molar-refractivity contribution in [2.45, 2.75) is 19.2 Å². The molecule has 1 atom stereocenters. The average molecular weight is 341 g/mol. The monoisotopic (exact) mass is 341 g/mol. The second kappa shape index (κ2) is 7.61. The van der Waals surface area contributed by atoms with Gasteiger partial charge >= 0.3 is 5.97 Å². The Morgan fingerprint density at radius 3 is 2.56 bits per heavy atom. The average Bonchev–Trinajstić information content (AvgIpc) is 3.09. The standard InChI is InChI=1S/C19H16FNO4/c20-17(19(22)23)10-16-11-18(21-25-16)14-6-8-15(9-7-14)24-12-13-4-2-1-3-5-13/h1-9,11,17H,10,12H2,(H,22,23). The lowest BCUT2D eigenvalue weighted by atomic mass is 10.1. The fourth-order valence-electron chi connectivity index (χ4n) is 2.27. The number of carboxylic acid groups (broad SMARTS) is 1. The van der Waals surface area contributed by atoms with Gasteiger partial charge in [0.25, 0.3) is 0 Å². The van der Waals surface area contributed by atoms with Gasteiger partial charge < -0.3 is 14.4 Å². The topological polar surface area (TPSA) is 72.6 Å². The minimum Gasteiger partial charge on any atom is -0.489 e. The van der Waals surface area contributed by atoms with Crippen LogP contribution in [0.3, 0.4) is 0 Å². The normalized spacial score (nSPS) is 11.9. The second-order valence-corrected chi connectivity index (χ2v) is 5.49. The number of halogens is 1. The number of ether oxygens (including phenoxy) is 1. The summed E-state index contributed by atoms with van der Waals surface area (Å²) in [6.45, 7) is 0.474. The number of carbonyl (C=O) groups is 1. The molecule has 1 heterocycles. The van der Waals surface area contributed by atoms with Crippen molar-refractivity contribution in [3.05, 3.63) is 72.0 Å². The van der Waals surface area contributed by atoms with Gasteiger partial charge in [0.1, 0.15) is 23.8 Å². The van der Waals surface area contributed by atoms with Crippen molar-refractivity contribution < 1.29 is 23.6 Å². The highest BCUT2D eigenvalue weighted by molar-refractivity contribution is 5.72. The van der Waals surface area contributed by atoms with Gasteiger partial charge in [0.15, 0.2) is 0 Å². The molecule has 0 fully saturated rings. The Balaban J connectivity index is 1.62. The third-order valence-corrected chi connectivity index (χ3v) is 3.61. The summed E-state index contributed by atoms with van der Waals surface area (Å²) >= 11 is 0. The number of hydrogen-bond acceptors (Lipinski definition) is 4. The zero-order valence-electron chi connectivity index (χ0n) is 13.3. The molecule has 0 aliphatic heterocycles. The van der Waals surface area contributed by atoms with Gasteiger partial charge in [0.05, 0.1) is 6.42 Å². The van der Waals surface area contributed by atoms with Gasteiger partial charge in [-0.2, -0.15) is 0 Å². The smallest absolute Gasteiger partial charge is 0.338 e. The first-order valence-corrected chi connectivity index (χ1v) is 7.71. The molecule has 0 amide bonds. The molecule has 1 N–H and O–H groups in total. The molecule has 0 saturated carbocycles. The summed E-state index contributed by atoms with van der Waals surface area (Å²) < 4.78 is 23.9. The van der Waals surface area contributed by atoms with E-state index in [9.17, 15) is 9.18 Å². The molecule has 25 heavy (non-hydrogen) atoms. The number of rotatable bonds is 7.